The van der Waals surface area contributed by atoms with Gasteiger partial charge in [0.25, 0.3) is 5.91 Å². The highest BCUT2D eigenvalue weighted by Gasteiger charge is 2.12. The van der Waals surface area contributed by atoms with Crippen molar-refractivity contribution in [1.82, 2.24) is 9.62 Å². The molecule has 0 radical (unpaired) electrons. The molecule has 1 aromatic carbocycles. The lowest BCUT2D eigenvalue weighted by atomic mass is 10.2. The molecule has 4 nitrogen and oxygen atoms in total. The molecule has 0 saturated heterocycles. The van der Waals surface area contributed by atoms with Crippen LogP contribution in [0, 0.1) is 0 Å². The van der Waals surface area contributed by atoms with Crippen LogP contribution >= 0.6 is 11.9 Å². The molecule has 1 N–H and O–H groups in total. The molecule has 0 heterocycles. The quantitative estimate of drug-likeness (QED) is 0.841. The minimum atomic E-state index is -0.254. The van der Waals surface area contributed by atoms with E-state index in [1.165, 1.54) is 0 Å². The topological polar surface area (TPSA) is 49.4 Å². The molecule has 0 aliphatic heterocycles. The Morgan fingerprint density at radius 2 is 1.76 bits per heavy atom. The second-order valence-electron chi connectivity index (χ2n) is 3.34. The molecule has 0 aliphatic rings. The third kappa shape index (κ3) is 4.11. The normalized spacial score (nSPS) is 9.76. The number of carbonyl (C=O) groups is 2. The van der Waals surface area contributed by atoms with Crippen molar-refractivity contribution in [2.24, 2.45) is 0 Å². The first-order chi connectivity index (χ1) is 8.19. The van der Waals surface area contributed by atoms with Crippen LogP contribution in [0.3, 0.4) is 0 Å². The van der Waals surface area contributed by atoms with E-state index in [2.05, 4.69) is 4.72 Å². The molecule has 92 valence electrons. The van der Waals surface area contributed by atoms with E-state index < -0.39 is 0 Å². The van der Waals surface area contributed by atoms with Crippen LogP contribution in [-0.2, 0) is 0 Å². The van der Waals surface area contributed by atoms with Gasteiger partial charge in [-0.15, -0.1) is 0 Å². The number of amides is 2. The Balaban J connectivity index is 2.46. The Morgan fingerprint density at radius 3 is 2.29 bits per heavy atom. The fourth-order valence-corrected chi connectivity index (χ4v) is 1.97. The Labute approximate surface area is 106 Å². The summed E-state index contributed by atoms with van der Waals surface area (Å²) in [7, 11) is 0. The highest BCUT2D eigenvalue weighted by molar-refractivity contribution is 8.12. The van der Waals surface area contributed by atoms with Crippen LogP contribution in [-0.4, -0.2) is 29.1 Å². The van der Waals surface area contributed by atoms with E-state index in [4.69, 9.17) is 0 Å². The lowest BCUT2D eigenvalue weighted by molar-refractivity contribution is 0.0984. The molecular weight excluding hydrogens is 236 g/mol. The summed E-state index contributed by atoms with van der Waals surface area (Å²) in [4.78, 5) is 24.9. The Bertz CT molecular complexity index is 377. The predicted molar refractivity (Wildman–Crippen MR) is 69.8 cm³/mol. The molecule has 0 atom stereocenters. The molecule has 0 spiro atoms. The molecule has 0 fully saturated rings. The molecule has 0 aromatic heterocycles. The molecule has 0 bridgehead atoms. The smallest absolute Gasteiger partial charge is 0.302 e. The predicted octanol–water partition coefficient (Wildman–Crippen LogP) is 2.53. The SMILES string of the molecule is CCN(CC)C(=O)SNC(=O)c1ccccc1. The number of hydrogen-bond acceptors (Lipinski definition) is 3. The van der Waals surface area contributed by atoms with Crippen LogP contribution in [0.2, 0.25) is 0 Å². The third-order valence-electron chi connectivity index (χ3n) is 2.29. The number of carbonyl (C=O) groups excluding carboxylic acids is 2. The number of benzene rings is 1. The van der Waals surface area contributed by atoms with Crippen molar-refractivity contribution in [2.45, 2.75) is 13.8 Å². The maximum Gasteiger partial charge on any atom is 0.302 e. The van der Waals surface area contributed by atoms with E-state index in [0.29, 0.717) is 18.7 Å². The van der Waals surface area contributed by atoms with Gasteiger partial charge >= 0.3 is 5.24 Å². The van der Waals surface area contributed by atoms with Gasteiger partial charge in [-0.1, -0.05) is 18.2 Å². The summed E-state index contributed by atoms with van der Waals surface area (Å²) in [5.41, 5.74) is 0.548. The molecule has 5 heteroatoms. The van der Waals surface area contributed by atoms with Crippen molar-refractivity contribution in [3.8, 4) is 0 Å². The highest BCUT2D eigenvalue weighted by Crippen LogP contribution is 2.07. The average Bonchev–Trinajstić information content (AvgIpc) is 2.38. The van der Waals surface area contributed by atoms with Gasteiger partial charge in [0, 0.05) is 18.7 Å². The summed E-state index contributed by atoms with van der Waals surface area (Å²) >= 11 is 0.824. The highest BCUT2D eigenvalue weighted by atomic mass is 32.2. The first-order valence-electron chi connectivity index (χ1n) is 5.50. The Morgan fingerprint density at radius 1 is 1.18 bits per heavy atom. The number of rotatable bonds is 3. The van der Waals surface area contributed by atoms with Gasteiger partial charge in [0.1, 0.15) is 0 Å². The first-order valence-corrected chi connectivity index (χ1v) is 6.31. The van der Waals surface area contributed by atoms with Gasteiger partial charge in [0.2, 0.25) is 0 Å². The number of nitrogens with zero attached hydrogens (tertiary/aromatic N) is 1. The van der Waals surface area contributed by atoms with Crippen molar-refractivity contribution in [1.29, 1.82) is 0 Å². The largest absolute Gasteiger partial charge is 0.333 e. The zero-order valence-corrected chi connectivity index (χ0v) is 10.8. The van der Waals surface area contributed by atoms with E-state index in [9.17, 15) is 9.59 Å². The Kier molecular flexibility index (Phi) is 5.56. The van der Waals surface area contributed by atoms with Crippen molar-refractivity contribution in [2.75, 3.05) is 13.1 Å². The van der Waals surface area contributed by atoms with Crippen LogP contribution < -0.4 is 4.72 Å². The molecule has 0 aliphatic carbocycles. The van der Waals surface area contributed by atoms with Gasteiger partial charge in [0.15, 0.2) is 0 Å². The minimum Gasteiger partial charge on any atom is -0.333 e. The van der Waals surface area contributed by atoms with E-state index >= 15 is 0 Å². The minimum absolute atomic E-state index is 0.140. The third-order valence-corrected chi connectivity index (χ3v) is 3.01. The summed E-state index contributed by atoms with van der Waals surface area (Å²) < 4.78 is 2.53. The molecule has 1 aromatic rings. The van der Waals surface area contributed by atoms with Crippen molar-refractivity contribution in [3.05, 3.63) is 35.9 Å². The van der Waals surface area contributed by atoms with E-state index in [-0.39, 0.29) is 11.1 Å². The van der Waals surface area contributed by atoms with Gasteiger partial charge < -0.3 is 4.90 Å². The van der Waals surface area contributed by atoms with Crippen LogP contribution in [0.25, 0.3) is 0 Å². The standard InChI is InChI=1S/C12H16N2O2S/c1-3-14(4-2)12(16)17-13-11(15)10-8-6-5-7-9-10/h5-9H,3-4H2,1-2H3,(H,13,15). The van der Waals surface area contributed by atoms with E-state index in [1.54, 1.807) is 29.2 Å². The zero-order chi connectivity index (χ0) is 12.7. The van der Waals surface area contributed by atoms with E-state index in [1.807, 2.05) is 19.9 Å². The summed E-state index contributed by atoms with van der Waals surface area (Å²) in [5.74, 6) is -0.254. The molecule has 2 amide bonds. The van der Waals surface area contributed by atoms with Crippen LogP contribution in [0.15, 0.2) is 30.3 Å². The maximum absolute atomic E-state index is 11.6. The van der Waals surface area contributed by atoms with Gasteiger partial charge in [-0.3, -0.25) is 14.3 Å². The maximum atomic E-state index is 11.6. The molecule has 17 heavy (non-hydrogen) atoms. The molecular formula is C12H16N2O2S. The number of nitrogens with one attached hydrogen (secondary N) is 1. The summed E-state index contributed by atoms with van der Waals surface area (Å²) in [6.07, 6.45) is 0. The van der Waals surface area contributed by atoms with Crippen LogP contribution in [0.1, 0.15) is 24.2 Å². The monoisotopic (exact) mass is 252 g/mol. The fourth-order valence-electron chi connectivity index (χ4n) is 1.28. The van der Waals surface area contributed by atoms with E-state index in [0.717, 1.165) is 11.9 Å². The molecule has 1 rings (SSSR count). The van der Waals surface area contributed by atoms with Gasteiger partial charge in [-0.05, 0) is 26.0 Å². The summed E-state index contributed by atoms with van der Waals surface area (Å²) in [6, 6.07) is 8.82. The van der Waals surface area contributed by atoms with Crippen molar-refractivity contribution < 1.29 is 9.59 Å². The lowest BCUT2D eigenvalue weighted by Gasteiger charge is -2.17. The fraction of sp³-hybridized carbons (Fsp3) is 0.333. The van der Waals surface area contributed by atoms with Gasteiger partial charge in [0.05, 0.1) is 11.9 Å². The lowest BCUT2D eigenvalue weighted by Crippen LogP contribution is -2.30. The number of hydrogen-bond donors (Lipinski definition) is 1. The van der Waals surface area contributed by atoms with Crippen molar-refractivity contribution in [3.63, 3.8) is 0 Å². The second kappa shape index (κ2) is 6.96. The van der Waals surface area contributed by atoms with Crippen LogP contribution in [0.5, 0.6) is 0 Å². The molecule has 0 saturated carbocycles. The Hall–Kier alpha value is -1.49. The molecule has 0 unspecified atom stereocenters. The van der Waals surface area contributed by atoms with Gasteiger partial charge in [-0.25, -0.2) is 0 Å². The van der Waals surface area contributed by atoms with Gasteiger partial charge in [-0.2, -0.15) is 0 Å². The first kappa shape index (κ1) is 13.6. The average molecular weight is 252 g/mol. The summed E-state index contributed by atoms with van der Waals surface area (Å²) in [5, 5.41) is -0.140. The second-order valence-corrected chi connectivity index (χ2v) is 4.09. The van der Waals surface area contributed by atoms with Crippen LogP contribution in [0.4, 0.5) is 4.79 Å². The summed E-state index contributed by atoms with van der Waals surface area (Å²) in [6.45, 7) is 5.09. The van der Waals surface area contributed by atoms with Crippen molar-refractivity contribution >= 4 is 23.1 Å². The zero-order valence-electron chi connectivity index (χ0n) is 9.97.